The number of urea groups is 1. The molecule has 1 aliphatic rings. The Morgan fingerprint density at radius 2 is 1.68 bits per heavy atom. The highest BCUT2D eigenvalue weighted by Gasteiger charge is 2.16. The highest BCUT2D eigenvalue weighted by molar-refractivity contribution is 5.90. The van der Waals surface area contributed by atoms with Crippen LogP contribution in [0.2, 0.25) is 0 Å². The van der Waals surface area contributed by atoms with Gasteiger partial charge < -0.3 is 39.6 Å². The molecule has 1 aliphatic heterocycles. The van der Waals surface area contributed by atoms with E-state index in [-0.39, 0.29) is 6.54 Å². The van der Waals surface area contributed by atoms with Gasteiger partial charge in [-0.3, -0.25) is 0 Å². The van der Waals surface area contributed by atoms with Crippen LogP contribution in [0.3, 0.4) is 0 Å². The highest BCUT2D eigenvalue weighted by atomic mass is 16.5. The van der Waals surface area contributed by atoms with Gasteiger partial charge >= 0.3 is 6.03 Å². The van der Waals surface area contributed by atoms with Crippen molar-refractivity contribution in [2.75, 3.05) is 64.4 Å². The molecule has 1 unspecified atom stereocenters. The van der Waals surface area contributed by atoms with Gasteiger partial charge in [0.25, 0.3) is 0 Å². The molecule has 0 spiro atoms. The Kier molecular flexibility index (Phi) is 7.80. The van der Waals surface area contributed by atoms with Crippen molar-refractivity contribution in [1.82, 2.24) is 5.32 Å². The summed E-state index contributed by atoms with van der Waals surface area (Å²) in [6.45, 7) is 3.20. The minimum atomic E-state index is -0.829. The third kappa shape index (κ3) is 5.71. The number of carbonyl (C=O) groups excluding carboxylic acids is 1. The topological polar surface area (TPSA) is 102 Å². The zero-order valence-corrected chi connectivity index (χ0v) is 18.0. The number of benzene rings is 2. The summed E-state index contributed by atoms with van der Waals surface area (Å²) in [4.78, 5) is 14.5. The van der Waals surface area contributed by atoms with Crippen LogP contribution in [0, 0.1) is 0 Å². The molecule has 2 aromatic rings. The third-order valence-corrected chi connectivity index (χ3v) is 5.03. The molecule has 1 heterocycles. The van der Waals surface area contributed by atoms with Gasteiger partial charge in [0.2, 0.25) is 5.75 Å². The van der Waals surface area contributed by atoms with Crippen LogP contribution in [0.15, 0.2) is 36.4 Å². The summed E-state index contributed by atoms with van der Waals surface area (Å²) < 4.78 is 21.2. The summed E-state index contributed by atoms with van der Waals surface area (Å²) in [7, 11) is 4.51. The molecule has 0 saturated carbocycles. The van der Waals surface area contributed by atoms with E-state index < -0.39 is 12.1 Å². The Balaban J connectivity index is 1.55. The number of carbonyl (C=O) groups is 1. The van der Waals surface area contributed by atoms with E-state index in [0.717, 1.165) is 37.6 Å². The molecule has 0 radical (unpaired) electrons. The fourth-order valence-electron chi connectivity index (χ4n) is 3.36. The van der Waals surface area contributed by atoms with E-state index in [4.69, 9.17) is 18.9 Å². The molecule has 0 aliphatic carbocycles. The molecule has 1 atom stereocenters. The minimum absolute atomic E-state index is 0.0627. The van der Waals surface area contributed by atoms with Gasteiger partial charge in [-0.1, -0.05) is 12.1 Å². The largest absolute Gasteiger partial charge is 0.493 e. The monoisotopic (exact) mass is 431 g/mol. The average Bonchev–Trinajstić information content (AvgIpc) is 2.82. The van der Waals surface area contributed by atoms with E-state index in [1.165, 1.54) is 21.3 Å². The SMILES string of the molecule is COc1cc(NC(=O)NCC(O)c2ccc(N3CCOCC3)cc2)cc(OC)c1OC. The lowest BCUT2D eigenvalue weighted by Crippen LogP contribution is -2.36. The van der Waals surface area contributed by atoms with E-state index in [0.29, 0.717) is 22.9 Å². The van der Waals surface area contributed by atoms with Gasteiger partial charge in [-0.05, 0) is 17.7 Å². The number of morpholine rings is 1. The zero-order chi connectivity index (χ0) is 22.2. The smallest absolute Gasteiger partial charge is 0.319 e. The number of nitrogens with zero attached hydrogens (tertiary/aromatic N) is 1. The van der Waals surface area contributed by atoms with Crippen LogP contribution < -0.4 is 29.7 Å². The maximum atomic E-state index is 12.3. The standard InChI is InChI=1S/C22H29N3O6/c1-28-19-12-16(13-20(29-2)21(19)30-3)24-22(27)23-14-18(26)15-4-6-17(7-5-15)25-8-10-31-11-9-25/h4-7,12-13,18,26H,8-11,14H2,1-3H3,(H2,23,24,27). The second-order valence-corrected chi connectivity index (χ2v) is 6.96. The lowest BCUT2D eigenvalue weighted by Gasteiger charge is -2.29. The first-order chi connectivity index (χ1) is 15.0. The maximum absolute atomic E-state index is 12.3. The molecule has 31 heavy (non-hydrogen) atoms. The van der Waals surface area contributed by atoms with E-state index in [1.54, 1.807) is 12.1 Å². The summed E-state index contributed by atoms with van der Waals surface area (Å²) in [6, 6.07) is 10.5. The van der Waals surface area contributed by atoms with Gasteiger partial charge in [0.15, 0.2) is 11.5 Å². The third-order valence-electron chi connectivity index (χ3n) is 5.03. The quantitative estimate of drug-likeness (QED) is 0.590. The minimum Gasteiger partial charge on any atom is -0.493 e. The van der Waals surface area contributed by atoms with Crippen LogP contribution in [-0.4, -0.2) is 65.3 Å². The number of hydrogen-bond donors (Lipinski definition) is 3. The summed E-state index contributed by atoms with van der Waals surface area (Å²) in [5, 5.41) is 15.8. The van der Waals surface area contributed by atoms with Gasteiger partial charge in [0.05, 0.1) is 46.3 Å². The second kappa shape index (κ2) is 10.7. The number of ether oxygens (including phenoxy) is 4. The Hall–Kier alpha value is -3.17. The van der Waals surface area contributed by atoms with Crippen molar-refractivity contribution in [3.63, 3.8) is 0 Å². The van der Waals surface area contributed by atoms with E-state index >= 15 is 0 Å². The predicted octanol–water partition coefficient (Wildman–Crippen LogP) is 2.40. The normalized spacial score (nSPS) is 14.5. The molecule has 0 aromatic heterocycles. The zero-order valence-electron chi connectivity index (χ0n) is 18.0. The Morgan fingerprint density at radius 3 is 2.23 bits per heavy atom. The highest BCUT2D eigenvalue weighted by Crippen LogP contribution is 2.39. The number of nitrogens with one attached hydrogen (secondary N) is 2. The lowest BCUT2D eigenvalue weighted by atomic mass is 10.1. The summed E-state index contributed by atoms with van der Waals surface area (Å²) in [6.07, 6.45) is -0.829. The average molecular weight is 431 g/mol. The van der Waals surface area contributed by atoms with Crippen LogP contribution in [0.5, 0.6) is 17.2 Å². The number of hydrogen-bond acceptors (Lipinski definition) is 7. The first kappa shape index (κ1) is 22.5. The molecular formula is C22H29N3O6. The van der Waals surface area contributed by atoms with Crippen molar-refractivity contribution >= 4 is 17.4 Å². The van der Waals surface area contributed by atoms with Crippen molar-refractivity contribution < 1.29 is 28.8 Å². The van der Waals surface area contributed by atoms with Crippen molar-refractivity contribution in [1.29, 1.82) is 0 Å². The van der Waals surface area contributed by atoms with Gasteiger partial charge in [0, 0.05) is 37.5 Å². The van der Waals surface area contributed by atoms with Crippen molar-refractivity contribution in [2.24, 2.45) is 0 Å². The fourth-order valence-corrected chi connectivity index (χ4v) is 3.36. The van der Waals surface area contributed by atoms with E-state index in [9.17, 15) is 9.90 Å². The first-order valence-electron chi connectivity index (χ1n) is 10.0. The van der Waals surface area contributed by atoms with Crippen molar-refractivity contribution in [2.45, 2.75) is 6.10 Å². The molecule has 1 fully saturated rings. The molecule has 168 valence electrons. The predicted molar refractivity (Wildman–Crippen MR) is 118 cm³/mol. The summed E-state index contributed by atoms with van der Waals surface area (Å²) in [5.74, 6) is 1.29. The van der Waals surface area contributed by atoms with Crippen LogP contribution in [0.25, 0.3) is 0 Å². The fraction of sp³-hybridized carbons (Fsp3) is 0.409. The number of aliphatic hydroxyl groups excluding tert-OH is 1. The maximum Gasteiger partial charge on any atom is 0.319 e. The van der Waals surface area contributed by atoms with Crippen molar-refractivity contribution in [3.05, 3.63) is 42.0 Å². The Bertz CT molecular complexity index is 843. The molecule has 3 rings (SSSR count). The van der Waals surface area contributed by atoms with Crippen LogP contribution in [0.4, 0.5) is 16.2 Å². The van der Waals surface area contributed by atoms with Gasteiger partial charge in [-0.25, -0.2) is 4.79 Å². The number of methoxy groups -OCH3 is 3. The Labute approximate surface area is 181 Å². The molecule has 9 heteroatoms. The second-order valence-electron chi connectivity index (χ2n) is 6.96. The van der Waals surface area contributed by atoms with E-state index in [1.807, 2.05) is 24.3 Å². The molecule has 9 nitrogen and oxygen atoms in total. The summed E-state index contributed by atoms with van der Waals surface area (Å²) >= 11 is 0. The number of anilines is 2. The molecule has 2 amide bonds. The van der Waals surface area contributed by atoms with Gasteiger partial charge in [0.1, 0.15) is 0 Å². The summed E-state index contributed by atoms with van der Waals surface area (Å²) in [5.41, 5.74) is 2.29. The number of aliphatic hydroxyl groups is 1. The lowest BCUT2D eigenvalue weighted by molar-refractivity contribution is 0.122. The van der Waals surface area contributed by atoms with Crippen LogP contribution >= 0.6 is 0 Å². The molecule has 1 saturated heterocycles. The number of amides is 2. The first-order valence-corrected chi connectivity index (χ1v) is 10.0. The molecule has 3 N–H and O–H groups in total. The number of rotatable bonds is 8. The van der Waals surface area contributed by atoms with Crippen LogP contribution in [-0.2, 0) is 4.74 Å². The Morgan fingerprint density at radius 1 is 1.06 bits per heavy atom. The van der Waals surface area contributed by atoms with Gasteiger partial charge in [-0.2, -0.15) is 0 Å². The van der Waals surface area contributed by atoms with Gasteiger partial charge in [-0.15, -0.1) is 0 Å². The molecule has 2 aromatic carbocycles. The van der Waals surface area contributed by atoms with E-state index in [2.05, 4.69) is 15.5 Å². The molecule has 0 bridgehead atoms. The van der Waals surface area contributed by atoms with Crippen LogP contribution in [0.1, 0.15) is 11.7 Å². The van der Waals surface area contributed by atoms with Crippen molar-refractivity contribution in [3.8, 4) is 17.2 Å². The molecular weight excluding hydrogens is 402 g/mol.